The van der Waals surface area contributed by atoms with Crippen LogP contribution in [0.15, 0.2) is 42.5 Å². The fraction of sp³-hybridized carbons (Fsp3) is 0. The molecule has 0 amide bonds. The predicted octanol–water partition coefficient (Wildman–Crippen LogP) is 3.12. The highest BCUT2D eigenvalue weighted by atomic mass is 16.5. The number of nitrogen functional groups attached to an aromatic ring is 1. The van der Waals surface area contributed by atoms with Crippen LogP contribution in [0.25, 0.3) is 0 Å². The molecule has 1 aliphatic heterocycles. The van der Waals surface area contributed by atoms with E-state index in [-0.39, 0.29) is 0 Å². The van der Waals surface area contributed by atoms with Crippen LogP contribution in [0.4, 0.5) is 17.1 Å². The predicted molar refractivity (Wildman–Crippen MR) is 60.7 cm³/mol. The lowest BCUT2D eigenvalue weighted by atomic mass is 10.2. The topological polar surface area (TPSA) is 47.3 Å². The quantitative estimate of drug-likeness (QED) is 0.545. The van der Waals surface area contributed by atoms with Gasteiger partial charge in [-0.1, -0.05) is 12.1 Å². The Morgan fingerprint density at radius 1 is 0.933 bits per heavy atom. The third-order valence-corrected chi connectivity index (χ3v) is 2.38. The molecule has 0 fully saturated rings. The summed E-state index contributed by atoms with van der Waals surface area (Å²) in [4.78, 5) is 0. The summed E-state index contributed by atoms with van der Waals surface area (Å²) in [6, 6.07) is 13.4. The molecule has 1 aliphatic rings. The molecule has 0 atom stereocenters. The molecule has 0 aromatic heterocycles. The number of hydrogen-bond acceptors (Lipinski definition) is 3. The minimum atomic E-state index is 0.704. The summed E-state index contributed by atoms with van der Waals surface area (Å²) in [6.45, 7) is 0. The Morgan fingerprint density at radius 3 is 2.67 bits per heavy atom. The zero-order valence-electron chi connectivity index (χ0n) is 8.03. The van der Waals surface area contributed by atoms with Crippen molar-refractivity contribution in [2.75, 3.05) is 11.1 Å². The molecule has 0 saturated carbocycles. The molecule has 0 radical (unpaired) electrons. The van der Waals surface area contributed by atoms with Gasteiger partial charge in [-0.05, 0) is 24.3 Å². The third kappa shape index (κ3) is 1.29. The Morgan fingerprint density at radius 2 is 1.73 bits per heavy atom. The lowest BCUT2D eigenvalue weighted by Gasteiger charge is -2.21. The van der Waals surface area contributed by atoms with Crippen LogP contribution in [-0.4, -0.2) is 0 Å². The van der Waals surface area contributed by atoms with Crippen LogP contribution in [-0.2, 0) is 0 Å². The molecule has 0 unspecified atom stereocenters. The number of ether oxygens (including phenoxy) is 1. The minimum absolute atomic E-state index is 0.704. The first-order chi connectivity index (χ1) is 7.33. The van der Waals surface area contributed by atoms with Crippen molar-refractivity contribution < 1.29 is 4.74 Å². The molecule has 3 rings (SSSR count). The van der Waals surface area contributed by atoms with Gasteiger partial charge in [0.2, 0.25) is 0 Å². The van der Waals surface area contributed by atoms with E-state index in [9.17, 15) is 0 Å². The number of anilines is 3. The van der Waals surface area contributed by atoms with Gasteiger partial charge in [0.05, 0.1) is 11.4 Å². The van der Waals surface area contributed by atoms with Crippen molar-refractivity contribution in [2.24, 2.45) is 0 Å². The molecule has 3 N–H and O–H groups in total. The fourth-order valence-electron chi connectivity index (χ4n) is 1.65. The lowest BCUT2D eigenvalue weighted by molar-refractivity contribution is 0.481. The van der Waals surface area contributed by atoms with Crippen LogP contribution in [0.5, 0.6) is 11.5 Å². The van der Waals surface area contributed by atoms with Crippen molar-refractivity contribution in [3.63, 3.8) is 0 Å². The van der Waals surface area contributed by atoms with E-state index in [1.807, 2.05) is 42.5 Å². The highest BCUT2D eigenvalue weighted by Crippen LogP contribution is 2.42. The maximum atomic E-state index is 5.72. The first-order valence-corrected chi connectivity index (χ1v) is 4.76. The van der Waals surface area contributed by atoms with E-state index in [1.54, 1.807) is 0 Å². The van der Waals surface area contributed by atoms with E-state index >= 15 is 0 Å². The molecule has 0 spiro atoms. The van der Waals surface area contributed by atoms with Crippen LogP contribution in [0.2, 0.25) is 0 Å². The number of nitrogens with one attached hydrogen (secondary N) is 1. The minimum Gasteiger partial charge on any atom is -0.453 e. The number of nitrogens with two attached hydrogens (primary N) is 1. The summed E-state index contributed by atoms with van der Waals surface area (Å²) in [5, 5.41) is 3.29. The standard InChI is InChI=1S/C12H10N2O/c13-8-5-6-10-12(7-8)15-11-4-2-1-3-9(11)14-10/h1-7,14H,13H2. The SMILES string of the molecule is Nc1ccc2c(c1)Oc1ccccc1N2. The fourth-order valence-corrected chi connectivity index (χ4v) is 1.65. The van der Waals surface area contributed by atoms with E-state index in [0.717, 1.165) is 22.9 Å². The van der Waals surface area contributed by atoms with E-state index in [0.29, 0.717) is 5.69 Å². The van der Waals surface area contributed by atoms with Crippen LogP contribution < -0.4 is 15.8 Å². The van der Waals surface area contributed by atoms with E-state index < -0.39 is 0 Å². The van der Waals surface area contributed by atoms with Crippen molar-refractivity contribution in [3.8, 4) is 11.5 Å². The Balaban J connectivity index is 2.11. The van der Waals surface area contributed by atoms with E-state index in [4.69, 9.17) is 10.5 Å². The first kappa shape index (κ1) is 8.17. The summed E-state index contributed by atoms with van der Waals surface area (Å²) in [6.07, 6.45) is 0. The molecule has 1 heterocycles. The highest BCUT2D eigenvalue weighted by molar-refractivity contribution is 5.76. The Kier molecular flexibility index (Phi) is 1.59. The van der Waals surface area contributed by atoms with Crippen LogP contribution >= 0.6 is 0 Å². The summed E-state index contributed by atoms with van der Waals surface area (Å²) < 4.78 is 5.72. The zero-order chi connectivity index (χ0) is 10.3. The number of benzene rings is 2. The summed E-state index contributed by atoms with van der Waals surface area (Å²) in [5.74, 6) is 1.60. The number of para-hydroxylation sites is 2. The second-order valence-corrected chi connectivity index (χ2v) is 3.48. The van der Waals surface area contributed by atoms with Gasteiger partial charge < -0.3 is 15.8 Å². The second-order valence-electron chi connectivity index (χ2n) is 3.48. The molecule has 0 bridgehead atoms. The van der Waals surface area contributed by atoms with E-state index in [1.165, 1.54) is 0 Å². The average Bonchev–Trinajstić information content (AvgIpc) is 2.26. The molecule has 0 aliphatic carbocycles. The maximum Gasteiger partial charge on any atom is 0.153 e. The molecule has 74 valence electrons. The van der Waals surface area contributed by atoms with Crippen molar-refractivity contribution in [1.29, 1.82) is 0 Å². The summed E-state index contributed by atoms with van der Waals surface area (Å²) >= 11 is 0. The van der Waals surface area contributed by atoms with Gasteiger partial charge >= 0.3 is 0 Å². The van der Waals surface area contributed by atoms with Crippen LogP contribution in [0.3, 0.4) is 0 Å². The van der Waals surface area contributed by atoms with Crippen LogP contribution in [0.1, 0.15) is 0 Å². The monoisotopic (exact) mass is 198 g/mol. The van der Waals surface area contributed by atoms with Gasteiger partial charge in [0.1, 0.15) is 0 Å². The van der Waals surface area contributed by atoms with Crippen molar-refractivity contribution in [1.82, 2.24) is 0 Å². The van der Waals surface area contributed by atoms with Gasteiger partial charge in [-0.3, -0.25) is 0 Å². The zero-order valence-corrected chi connectivity index (χ0v) is 8.03. The van der Waals surface area contributed by atoms with Gasteiger partial charge in [-0.25, -0.2) is 0 Å². The van der Waals surface area contributed by atoms with Gasteiger partial charge in [0.25, 0.3) is 0 Å². The van der Waals surface area contributed by atoms with E-state index in [2.05, 4.69) is 5.32 Å². The number of hydrogen-bond donors (Lipinski definition) is 2. The summed E-state index contributed by atoms with van der Waals surface area (Å²) in [7, 11) is 0. The molecule has 2 aromatic carbocycles. The molecular weight excluding hydrogens is 188 g/mol. The van der Waals surface area contributed by atoms with Crippen molar-refractivity contribution in [3.05, 3.63) is 42.5 Å². The highest BCUT2D eigenvalue weighted by Gasteiger charge is 2.15. The van der Waals surface area contributed by atoms with Gasteiger partial charge in [-0.15, -0.1) is 0 Å². The first-order valence-electron chi connectivity index (χ1n) is 4.76. The molecule has 15 heavy (non-hydrogen) atoms. The molecule has 2 aromatic rings. The molecular formula is C12H10N2O. The van der Waals surface area contributed by atoms with Crippen molar-refractivity contribution in [2.45, 2.75) is 0 Å². The Hall–Kier alpha value is -2.16. The molecule has 3 nitrogen and oxygen atoms in total. The third-order valence-electron chi connectivity index (χ3n) is 2.38. The normalized spacial score (nSPS) is 12.0. The molecule has 0 saturated heterocycles. The Labute approximate surface area is 87.5 Å². The van der Waals surface area contributed by atoms with Crippen molar-refractivity contribution >= 4 is 17.1 Å². The largest absolute Gasteiger partial charge is 0.453 e. The lowest BCUT2D eigenvalue weighted by Crippen LogP contribution is -2.02. The number of fused-ring (bicyclic) bond motifs is 2. The second kappa shape index (κ2) is 2.92. The number of rotatable bonds is 0. The van der Waals surface area contributed by atoms with Gasteiger partial charge in [-0.2, -0.15) is 0 Å². The Bertz CT molecular complexity index is 523. The van der Waals surface area contributed by atoms with Gasteiger partial charge in [0.15, 0.2) is 11.5 Å². The molecule has 3 heteroatoms. The maximum absolute atomic E-state index is 5.72. The smallest absolute Gasteiger partial charge is 0.153 e. The average molecular weight is 198 g/mol. The van der Waals surface area contributed by atoms with Gasteiger partial charge in [0, 0.05) is 11.8 Å². The summed E-state index contributed by atoms with van der Waals surface area (Å²) in [5.41, 5.74) is 8.33. The van der Waals surface area contributed by atoms with Crippen LogP contribution in [0, 0.1) is 0 Å².